The largest absolute Gasteiger partial charge is 0.455 e. The number of ether oxygens (including phenoxy) is 1. The molecule has 2 fully saturated rings. The normalized spacial score (nSPS) is 19.0. The maximum atomic E-state index is 14.2. The molecule has 2 heterocycles. The number of piperazine rings is 1. The van der Waals surface area contributed by atoms with Crippen LogP contribution in [0.4, 0.5) is 25.0 Å². The fraction of sp³-hybridized carbons (Fsp3) is 0.257. The summed E-state index contributed by atoms with van der Waals surface area (Å²) in [6.45, 7) is 3.54. The van der Waals surface area contributed by atoms with E-state index in [1.54, 1.807) is 41.3 Å². The molecule has 0 spiro atoms. The highest BCUT2D eigenvalue weighted by Gasteiger charge is 2.39. The number of hydrogen-bond acceptors (Lipinski definition) is 5. The Hall–Kier alpha value is -4.76. The van der Waals surface area contributed by atoms with Crippen molar-refractivity contribution in [1.82, 2.24) is 9.80 Å². The molecule has 9 heteroatoms. The SMILES string of the molecule is O=C(O[C@@H]1CN(C(=O)Nc2ccccc2F)CC[C@H]1N1CCN(c2ccc(F)cc2)CC1)c1ccc(-c2ccccc2)cc1. The first-order chi connectivity index (χ1) is 21.4. The van der Waals surface area contributed by atoms with E-state index in [2.05, 4.69) is 15.1 Å². The molecule has 226 valence electrons. The Morgan fingerprint density at radius 2 is 1.39 bits per heavy atom. The summed E-state index contributed by atoms with van der Waals surface area (Å²) in [5, 5.41) is 2.65. The summed E-state index contributed by atoms with van der Waals surface area (Å²) in [6.07, 6.45) is 0.000334. The molecule has 2 saturated heterocycles. The van der Waals surface area contributed by atoms with Gasteiger partial charge < -0.3 is 19.9 Å². The van der Waals surface area contributed by atoms with E-state index >= 15 is 0 Å². The molecule has 2 amide bonds. The number of amides is 2. The molecule has 4 aromatic carbocycles. The minimum atomic E-state index is -0.589. The highest BCUT2D eigenvalue weighted by Crippen LogP contribution is 2.26. The first kappa shape index (κ1) is 29.3. The number of rotatable bonds is 6. The number of nitrogens with zero attached hydrogens (tertiary/aromatic N) is 3. The van der Waals surface area contributed by atoms with Gasteiger partial charge in [0.15, 0.2) is 0 Å². The molecule has 0 aromatic heterocycles. The van der Waals surface area contributed by atoms with Crippen molar-refractivity contribution in [1.29, 1.82) is 0 Å². The Bertz CT molecular complexity index is 1580. The van der Waals surface area contributed by atoms with Crippen LogP contribution in [0.25, 0.3) is 11.1 Å². The second kappa shape index (κ2) is 13.3. The van der Waals surface area contributed by atoms with Crippen molar-refractivity contribution >= 4 is 23.4 Å². The van der Waals surface area contributed by atoms with E-state index in [-0.39, 0.29) is 24.1 Å². The van der Waals surface area contributed by atoms with E-state index in [9.17, 15) is 18.4 Å². The van der Waals surface area contributed by atoms with Crippen LogP contribution in [0.3, 0.4) is 0 Å². The fourth-order valence-corrected chi connectivity index (χ4v) is 5.98. The minimum absolute atomic E-state index is 0.101. The van der Waals surface area contributed by atoms with E-state index in [0.29, 0.717) is 18.5 Å². The van der Waals surface area contributed by atoms with E-state index in [1.807, 2.05) is 42.5 Å². The van der Waals surface area contributed by atoms with Gasteiger partial charge in [0.2, 0.25) is 0 Å². The molecule has 2 aliphatic rings. The lowest BCUT2D eigenvalue weighted by Crippen LogP contribution is -2.60. The van der Waals surface area contributed by atoms with Crippen molar-refractivity contribution in [2.45, 2.75) is 18.6 Å². The number of benzene rings is 4. The van der Waals surface area contributed by atoms with Gasteiger partial charge in [-0.05, 0) is 66.1 Å². The zero-order chi connectivity index (χ0) is 30.5. The number of esters is 1. The van der Waals surface area contributed by atoms with Crippen LogP contribution < -0.4 is 10.2 Å². The lowest BCUT2D eigenvalue weighted by molar-refractivity contribution is -0.0302. The zero-order valence-corrected chi connectivity index (χ0v) is 24.2. The molecular weight excluding hydrogens is 562 g/mol. The molecule has 4 aromatic rings. The van der Waals surface area contributed by atoms with Crippen molar-refractivity contribution in [3.8, 4) is 11.1 Å². The first-order valence-electron chi connectivity index (χ1n) is 14.9. The summed E-state index contributed by atoms with van der Waals surface area (Å²) in [4.78, 5) is 32.7. The number of anilines is 2. The minimum Gasteiger partial charge on any atom is -0.455 e. The molecule has 1 N–H and O–H groups in total. The molecule has 2 aliphatic heterocycles. The third-order valence-corrected chi connectivity index (χ3v) is 8.39. The second-order valence-corrected chi connectivity index (χ2v) is 11.1. The second-order valence-electron chi connectivity index (χ2n) is 11.1. The first-order valence-corrected chi connectivity index (χ1v) is 14.9. The van der Waals surface area contributed by atoms with Crippen LogP contribution in [0.5, 0.6) is 0 Å². The Labute approximate surface area is 255 Å². The predicted octanol–water partition coefficient (Wildman–Crippen LogP) is 6.29. The Morgan fingerprint density at radius 1 is 0.727 bits per heavy atom. The van der Waals surface area contributed by atoms with Gasteiger partial charge in [-0.1, -0.05) is 54.6 Å². The summed E-state index contributed by atoms with van der Waals surface area (Å²) in [7, 11) is 0. The van der Waals surface area contributed by atoms with Crippen LogP contribution in [0.15, 0.2) is 103 Å². The summed E-state index contributed by atoms with van der Waals surface area (Å²) >= 11 is 0. The molecular formula is C35H34F2N4O3. The number of para-hydroxylation sites is 1. The molecule has 6 rings (SSSR count). The third kappa shape index (κ3) is 6.73. The molecule has 7 nitrogen and oxygen atoms in total. The number of halogens is 2. The quantitative estimate of drug-likeness (QED) is 0.265. The highest BCUT2D eigenvalue weighted by atomic mass is 19.1. The number of carbonyl (C=O) groups excluding carboxylic acids is 2. The highest BCUT2D eigenvalue weighted by molar-refractivity contribution is 5.91. The molecule has 0 bridgehead atoms. The van der Waals surface area contributed by atoms with Crippen LogP contribution in [0, 0.1) is 11.6 Å². The summed E-state index contributed by atoms with van der Waals surface area (Å²) in [5.74, 6) is -1.24. The Kier molecular flexibility index (Phi) is 8.84. The van der Waals surface area contributed by atoms with Gasteiger partial charge in [0.05, 0.1) is 23.8 Å². The van der Waals surface area contributed by atoms with E-state index in [4.69, 9.17) is 4.74 Å². The lowest BCUT2D eigenvalue weighted by Gasteiger charge is -2.46. The van der Waals surface area contributed by atoms with Gasteiger partial charge in [0.25, 0.3) is 0 Å². The predicted molar refractivity (Wildman–Crippen MR) is 167 cm³/mol. The van der Waals surface area contributed by atoms with Gasteiger partial charge in [0.1, 0.15) is 17.7 Å². The van der Waals surface area contributed by atoms with Crippen molar-refractivity contribution in [2.75, 3.05) is 49.5 Å². The lowest BCUT2D eigenvalue weighted by atomic mass is 9.98. The van der Waals surface area contributed by atoms with E-state index in [1.165, 1.54) is 24.3 Å². The molecule has 0 radical (unpaired) electrons. The number of hydrogen-bond donors (Lipinski definition) is 1. The van der Waals surface area contributed by atoms with Gasteiger partial charge >= 0.3 is 12.0 Å². The Morgan fingerprint density at radius 3 is 2.09 bits per heavy atom. The summed E-state index contributed by atoms with van der Waals surface area (Å²) in [5.41, 5.74) is 3.54. The maximum absolute atomic E-state index is 14.2. The van der Waals surface area contributed by atoms with E-state index in [0.717, 1.165) is 43.0 Å². The molecule has 0 aliphatic carbocycles. The van der Waals surface area contributed by atoms with Crippen molar-refractivity contribution < 1.29 is 23.1 Å². The van der Waals surface area contributed by atoms with E-state index < -0.39 is 23.9 Å². The zero-order valence-electron chi connectivity index (χ0n) is 24.2. The summed E-state index contributed by atoms with van der Waals surface area (Å²) < 4.78 is 33.8. The van der Waals surface area contributed by atoms with Gasteiger partial charge in [-0.25, -0.2) is 18.4 Å². The van der Waals surface area contributed by atoms with Crippen LogP contribution in [0.2, 0.25) is 0 Å². The van der Waals surface area contributed by atoms with Crippen LogP contribution in [-0.2, 0) is 4.74 Å². The monoisotopic (exact) mass is 596 g/mol. The van der Waals surface area contributed by atoms with Gasteiger partial charge in [-0.15, -0.1) is 0 Å². The number of carbonyl (C=O) groups is 2. The third-order valence-electron chi connectivity index (χ3n) is 8.39. The van der Waals surface area contributed by atoms with Gasteiger partial charge in [-0.3, -0.25) is 4.90 Å². The summed E-state index contributed by atoms with van der Waals surface area (Å²) in [6, 6.07) is 29.2. The van der Waals surface area contributed by atoms with Crippen molar-refractivity contribution in [3.63, 3.8) is 0 Å². The van der Waals surface area contributed by atoms with Crippen LogP contribution in [0.1, 0.15) is 16.8 Å². The van der Waals surface area contributed by atoms with Crippen LogP contribution in [-0.4, -0.2) is 73.2 Å². The maximum Gasteiger partial charge on any atom is 0.338 e. The van der Waals surface area contributed by atoms with Crippen molar-refractivity contribution in [3.05, 3.63) is 120 Å². The topological polar surface area (TPSA) is 65.1 Å². The number of urea groups is 1. The standard InChI is InChI=1S/C35H34F2N4O3/c36-28-14-16-29(17-15-28)39-20-22-40(23-21-39)32-18-19-41(35(43)38-31-9-5-4-8-30(31)37)24-33(32)44-34(42)27-12-10-26(11-13-27)25-6-2-1-3-7-25/h1-17,32-33H,18-24H2,(H,38,43)/t32-,33-/m1/s1. The molecule has 44 heavy (non-hydrogen) atoms. The molecule has 0 saturated carbocycles. The average Bonchev–Trinajstić information content (AvgIpc) is 3.07. The number of piperidine rings is 1. The smallest absolute Gasteiger partial charge is 0.338 e. The molecule has 0 unspecified atom stereocenters. The average molecular weight is 597 g/mol. The fourth-order valence-electron chi connectivity index (χ4n) is 5.98. The van der Waals surface area contributed by atoms with Crippen LogP contribution >= 0.6 is 0 Å². The molecule has 2 atom stereocenters. The van der Waals surface area contributed by atoms with Gasteiger partial charge in [0, 0.05) is 38.4 Å². The number of likely N-dealkylation sites (tertiary alicyclic amines) is 1. The number of nitrogens with one attached hydrogen (secondary N) is 1. The van der Waals surface area contributed by atoms with Crippen molar-refractivity contribution in [2.24, 2.45) is 0 Å². The van der Waals surface area contributed by atoms with Gasteiger partial charge in [-0.2, -0.15) is 0 Å². The Balaban J connectivity index is 1.16.